The highest BCUT2D eigenvalue weighted by atomic mass is 16.5. The van der Waals surface area contributed by atoms with Gasteiger partial charge in [0.15, 0.2) is 0 Å². The lowest BCUT2D eigenvalue weighted by Gasteiger charge is -2.25. The van der Waals surface area contributed by atoms with E-state index in [4.69, 9.17) is 4.74 Å². The fourth-order valence-electron chi connectivity index (χ4n) is 5.16. The van der Waals surface area contributed by atoms with Crippen molar-refractivity contribution in [3.05, 3.63) is 114 Å². The van der Waals surface area contributed by atoms with E-state index in [0.29, 0.717) is 0 Å². The molecule has 1 saturated heterocycles. The zero-order valence-electron chi connectivity index (χ0n) is 19.3. The van der Waals surface area contributed by atoms with Crippen molar-refractivity contribution in [1.82, 2.24) is 4.90 Å². The van der Waals surface area contributed by atoms with Crippen molar-refractivity contribution in [2.24, 2.45) is 0 Å². The molecular formula is C31H33NO. The van der Waals surface area contributed by atoms with E-state index in [-0.39, 0.29) is 5.92 Å². The highest BCUT2D eigenvalue weighted by molar-refractivity contribution is 5.89. The van der Waals surface area contributed by atoms with Crippen LogP contribution in [-0.4, -0.2) is 31.1 Å². The van der Waals surface area contributed by atoms with Gasteiger partial charge in [-0.3, -0.25) is 4.90 Å². The molecule has 33 heavy (non-hydrogen) atoms. The van der Waals surface area contributed by atoms with Crippen molar-refractivity contribution in [3.8, 4) is 5.75 Å². The topological polar surface area (TPSA) is 12.5 Å². The van der Waals surface area contributed by atoms with Crippen molar-refractivity contribution in [1.29, 1.82) is 0 Å². The predicted octanol–water partition coefficient (Wildman–Crippen LogP) is 7.27. The van der Waals surface area contributed by atoms with Gasteiger partial charge in [-0.15, -0.1) is 0 Å². The molecule has 4 aromatic carbocycles. The summed E-state index contributed by atoms with van der Waals surface area (Å²) in [5.41, 5.74) is 3.84. The second-order valence-electron chi connectivity index (χ2n) is 9.06. The van der Waals surface area contributed by atoms with Crippen molar-refractivity contribution < 1.29 is 4.74 Å². The van der Waals surface area contributed by atoms with Crippen LogP contribution in [0.3, 0.4) is 0 Å². The monoisotopic (exact) mass is 435 g/mol. The zero-order chi connectivity index (χ0) is 22.3. The lowest BCUT2D eigenvalue weighted by molar-refractivity contribution is 0.213. The lowest BCUT2D eigenvalue weighted by atomic mass is 9.82. The molecule has 1 aliphatic heterocycles. The normalized spacial score (nSPS) is 14.9. The minimum Gasteiger partial charge on any atom is -0.492 e. The molecule has 1 aliphatic rings. The van der Waals surface area contributed by atoms with Crippen LogP contribution in [0, 0.1) is 0 Å². The van der Waals surface area contributed by atoms with Crippen LogP contribution in [0.15, 0.2) is 97.1 Å². The molecule has 0 spiro atoms. The number of rotatable bonds is 7. The van der Waals surface area contributed by atoms with Crippen molar-refractivity contribution in [2.75, 3.05) is 26.2 Å². The van der Waals surface area contributed by atoms with Gasteiger partial charge in [0.2, 0.25) is 0 Å². The molecule has 4 aromatic rings. The Morgan fingerprint density at radius 1 is 0.636 bits per heavy atom. The summed E-state index contributed by atoms with van der Waals surface area (Å²) in [5.74, 6) is 1.12. The number of hydrogen-bond acceptors (Lipinski definition) is 2. The van der Waals surface area contributed by atoms with Gasteiger partial charge in [0, 0.05) is 18.0 Å². The van der Waals surface area contributed by atoms with Gasteiger partial charge in [-0.1, -0.05) is 104 Å². The van der Waals surface area contributed by atoms with Crippen molar-refractivity contribution in [3.63, 3.8) is 0 Å². The second kappa shape index (κ2) is 10.7. The first-order valence-corrected chi connectivity index (χ1v) is 12.4. The Bertz CT molecular complexity index is 1110. The molecule has 1 heterocycles. The Morgan fingerprint density at radius 2 is 1.24 bits per heavy atom. The Kier molecular flexibility index (Phi) is 7.03. The number of ether oxygens (including phenoxy) is 1. The number of nitrogens with zero attached hydrogens (tertiary/aromatic N) is 1. The molecule has 0 atom stereocenters. The minimum absolute atomic E-state index is 0.117. The summed E-state index contributed by atoms with van der Waals surface area (Å²) in [6, 6.07) is 34.7. The summed E-state index contributed by atoms with van der Waals surface area (Å²) in [6.07, 6.45) is 5.35. The maximum absolute atomic E-state index is 6.57. The van der Waals surface area contributed by atoms with Crippen molar-refractivity contribution in [2.45, 2.75) is 31.6 Å². The Balaban J connectivity index is 1.54. The van der Waals surface area contributed by atoms with Gasteiger partial charge in [-0.2, -0.15) is 0 Å². The third-order valence-corrected chi connectivity index (χ3v) is 6.85. The van der Waals surface area contributed by atoms with E-state index in [0.717, 1.165) is 18.9 Å². The smallest absolute Gasteiger partial charge is 0.124 e. The van der Waals surface area contributed by atoms with Gasteiger partial charge in [0.25, 0.3) is 0 Å². The molecule has 5 rings (SSSR count). The first-order chi connectivity index (χ1) is 16.4. The highest BCUT2D eigenvalue weighted by Crippen LogP contribution is 2.41. The molecule has 0 aliphatic carbocycles. The van der Waals surface area contributed by atoms with E-state index < -0.39 is 0 Å². The molecule has 168 valence electrons. The molecule has 0 N–H and O–H groups in total. The van der Waals surface area contributed by atoms with Crippen LogP contribution >= 0.6 is 0 Å². The van der Waals surface area contributed by atoms with Gasteiger partial charge >= 0.3 is 0 Å². The number of benzene rings is 4. The summed E-state index contributed by atoms with van der Waals surface area (Å²) in [5, 5.41) is 2.52. The fraction of sp³-hybridized carbons (Fsp3) is 0.290. The summed E-state index contributed by atoms with van der Waals surface area (Å²) >= 11 is 0. The maximum Gasteiger partial charge on any atom is 0.124 e. The first-order valence-electron chi connectivity index (χ1n) is 12.4. The standard InChI is InChI=1S/C31H33NO/c1-2-12-22-32(21-11-1)23-24-33-29-20-19-25-13-9-10-18-28(25)31(29)30(26-14-5-3-6-15-26)27-16-7-4-8-17-27/h3-10,13-20,30H,1-2,11-12,21-24H2. The SMILES string of the molecule is c1ccc(C(c2ccccc2)c2c(OCCN3CCCCCC3)ccc3ccccc23)cc1. The molecule has 1 fully saturated rings. The highest BCUT2D eigenvalue weighted by Gasteiger charge is 2.23. The van der Waals surface area contributed by atoms with Gasteiger partial charge < -0.3 is 4.74 Å². The van der Waals surface area contributed by atoms with E-state index in [1.165, 1.54) is 66.2 Å². The van der Waals surface area contributed by atoms with Crippen molar-refractivity contribution >= 4 is 10.8 Å². The summed E-state index contributed by atoms with van der Waals surface area (Å²) in [7, 11) is 0. The molecule has 0 bridgehead atoms. The predicted molar refractivity (Wildman–Crippen MR) is 138 cm³/mol. The van der Waals surface area contributed by atoms with Crippen LogP contribution in [0.4, 0.5) is 0 Å². The Morgan fingerprint density at radius 3 is 1.91 bits per heavy atom. The summed E-state index contributed by atoms with van der Waals surface area (Å²) < 4.78 is 6.57. The largest absolute Gasteiger partial charge is 0.492 e. The molecule has 2 heteroatoms. The molecule has 0 unspecified atom stereocenters. The molecule has 0 saturated carbocycles. The third kappa shape index (κ3) is 5.12. The van der Waals surface area contributed by atoms with E-state index in [9.17, 15) is 0 Å². The van der Waals surface area contributed by atoms with Gasteiger partial charge in [0.1, 0.15) is 12.4 Å². The Labute approximate surface area is 197 Å². The second-order valence-corrected chi connectivity index (χ2v) is 9.06. The van der Waals surface area contributed by atoms with E-state index in [1.54, 1.807) is 0 Å². The average molecular weight is 436 g/mol. The molecule has 0 amide bonds. The number of fused-ring (bicyclic) bond motifs is 1. The fourth-order valence-corrected chi connectivity index (χ4v) is 5.16. The van der Waals surface area contributed by atoms with Crippen LogP contribution in [0.25, 0.3) is 10.8 Å². The molecular weight excluding hydrogens is 402 g/mol. The maximum atomic E-state index is 6.57. The van der Waals surface area contributed by atoms with Crippen LogP contribution in [0.5, 0.6) is 5.75 Å². The quantitative estimate of drug-likeness (QED) is 0.283. The molecule has 0 radical (unpaired) electrons. The molecule has 0 aromatic heterocycles. The lowest BCUT2D eigenvalue weighted by Crippen LogP contribution is -2.29. The van der Waals surface area contributed by atoms with Gasteiger partial charge in [0.05, 0.1) is 0 Å². The molecule has 2 nitrogen and oxygen atoms in total. The van der Waals surface area contributed by atoms with Crippen LogP contribution in [-0.2, 0) is 0 Å². The van der Waals surface area contributed by atoms with Gasteiger partial charge in [-0.25, -0.2) is 0 Å². The van der Waals surface area contributed by atoms with E-state index in [2.05, 4.69) is 102 Å². The minimum atomic E-state index is 0.117. The number of hydrogen-bond donors (Lipinski definition) is 0. The van der Waals surface area contributed by atoms with Gasteiger partial charge in [-0.05, 0) is 53.9 Å². The average Bonchev–Trinajstić information content (AvgIpc) is 3.15. The summed E-state index contributed by atoms with van der Waals surface area (Å²) in [4.78, 5) is 2.57. The first kappa shape index (κ1) is 21.7. The number of likely N-dealkylation sites (tertiary alicyclic amines) is 1. The van der Waals surface area contributed by atoms with E-state index in [1.807, 2.05) is 0 Å². The van der Waals surface area contributed by atoms with Crippen LogP contribution < -0.4 is 4.74 Å². The zero-order valence-corrected chi connectivity index (χ0v) is 19.3. The van der Waals surface area contributed by atoms with Crippen LogP contribution in [0.2, 0.25) is 0 Å². The van der Waals surface area contributed by atoms with Crippen LogP contribution in [0.1, 0.15) is 48.3 Å². The third-order valence-electron chi connectivity index (χ3n) is 6.85. The van der Waals surface area contributed by atoms with E-state index >= 15 is 0 Å². The Hall–Kier alpha value is -3.10. The summed E-state index contributed by atoms with van der Waals surface area (Å²) in [6.45, 7) is 4.12.